The predicted octanol–water partition coefficient (Wildman–Crippen LogP) is 22.2. The van der Waals surface area contributed by atoms with Gasteiger partial charge in [0.2, 0.25) is 0 Å². The fourth-order valence-electron chi connectivity index (χ4n) is 12.1. The first kappa shape index (κ1) is 75.1. The lowest BCUT2D eigenvalue weighted by Crippen LogP contribution is -2.52. The lowest BCUT2D eigenvalue weighted by Gasteiger charge is -2.39. The summed E-state index contributed by atoms with van der Waals surface area (Å²) in [6.07, 6.45) is 20.4. The van der Waals surface area contributed by atoms with Crippen molar-refractivity contribution in [2.75, 3.05) is 13.2 Å². The average molecular weight is 1330 g/mol. The summed E-state index contributed by atoms with van der Waals surface area (Å²) < 4.78 is 66.5. The minimum atomic E-state index is -2.35. The van der Waals surface area contributed by atoms with Gasteiger partial charge < -0.3 is 27.2 Å². The van der Waals surface area contributed by atoms with Crippen LogP contribution in [0.5, 0.6) is 23.0 Å². The molecule has 0 amide bonds. The van der Waals surface area contributed by atoms with Crippen molar-refractivity contribution in [3.63, 3.8) is 0 Å². The Labute approximate surface area is 554 Å². The highest BCUT2D eigenvalue weighted by Gasteiger charge is 2.39. The molecule has 0 radical (unpaired) electrons. The Hall–Kier alpha value is -6.91. The number of hydrogen-bond acceptors (Lipinski definition) is 12. The Morgan fingerprint density at radius 3 is 1.13 bits per heavy atom. The van der Waals surface area contributed by atoms with Crippen LogP contribution >= 0.6 is 0 Å². The van der Waals surface area contributed by atoms with Gasteiger partial charge in [-0.2, -0.15) is 0 Å². The third-order valence-electron chi connectivity index (χ3n) is 17.0. The summed E-state index contributed by atoms with van der Waals surface area (Å²) in [6.45, 7) is 22.7. The SMILES string of the molecule is CCCCC[C@H](C)c1ccc(-c2ccc(OC(=O)c3ccc(OCCCCCCCC[Si](C)(C)O[Si](C)(C)O[Si](C)(C)CCCCCCCCOc4ccc(C(=O)Oc5ccc(-c6ccc([C@@H](C)CCCCC)c([N+](=O)[O-])c6)cc5)cc4F)c(F)c3)cc2)cc1[N+](=O)[O-]. The number of halogens is 2. The van der Waals surface area contributed by atoms with Gasteiger partial charge in [0.25, 0.3) is 11.4 Å². The molecule has 93 heavy (non-hydrogen) atoms. The molecule has 0 saturated carbocycles. The van der Waals surface area contributed by atoms with E-state index >= 15 is 8.78 Å². The van der Waals surface area contributed by atoms with Gasteiger partial charge in [-0.3, -0.25) is 20.2 Å². The van der Waals surface area contributed by atoms with Crippen molar-refractivity contribution >= 4 is 48.5 Å². The zero-order valence-corrected chi connectivity index (χ0v) is 59.7. The van der Waals surface area contributed by atoms with Crippen molar-refractivity contribution in [1.82, 2.24) is 0 Å². The summed E-state index contributed by atoms with van der Waals surface area (Å²) >= 11 is 0. The summed E-state index contributed by atoms with van der Waals surface area (Å²) in [7, 11) is -6.25. The molecule has 0 aliphatic carbocycles. The molecule has 0 saturated heterocycles. The molecule has 0 spiro atoms. The second-order valence-electron chi connectivity index (χ2n) is 26.5. The Balaban J connectivity index is 0.785. The number of nitrogens with zero attached hydrogens (tertiary/aromatic N) is 2. The molecule has 0 aliphatic rings. The van der Waals surface area contributed by atoms with Crippen LogP contribution in [0.25, 0.3) is 22.3 Å². The molecule has 19 heteroatoms. The normalized spacial score (nSPS) is 12.5. The van der Waals surface area contributed by atoms with Crippen molar-refractivity contribution in [3.8, 4) is 45.3 Å². The number of unbranched alkanes of at least 4 members (excludes halogenated alkanes) is 14. The van der Waals surface area contributed by atoms with E-state index in [1.54, 1.807) is 60.7 Å². The fourth-order valence-corrected chi connectivity index (χ4v) is 26.3. The van der Waals surface area contributed by atoms with E-state index in [2.05, 4.69) is 53.1 Å². The van der Waals surface area contributed by atoms with Crippen LogP contribution in [0.1, 0.15) is 200 Å². The van der Waals surface area contributed by atoms with Gasteiger partial charge in [-0.15, -0.1) is 0 Å². The zero-order valence-electron chi connectivity index (χ0n) is 56.7. The van der Waals surface area contributed by atoms with E-state index in [9.17, 15) is 29.8 Å². The topological polar surface area (TPSA) is 176 Å². The van der Waals surface area contributed by atoms with E-state index < -0.39 is 48.8 Å². The lowest BCUT2D eigenvalue weighted by atomic mass is 9.91. The van der Waals surface area contributed by atoms with Crippen molar-refractivity contribution < 1.29 is 55.4 Å². The van der Waals surface area contributed by atoms with Gasteiger partial charge in [0.05, 0.1) is 34.2 Å². The molecule has 2 atom stereocenters. The zero-order chi connectivity index (χ0) is 67.6. The lowest BCUT2D eigenvalue weighted by molar-refractivity contribution is -0.385. The minimum Gasteiger partial charge on any atom is -0.491 e. The second kappa shape index (κ2) is 37.3. The van der Waals surface area contributed by atoms with Crippen molar-refractivity contribution in [3.05, 3.63) is 175 Å². The van der Waals surface area contributed by atoms with Gasteiger partial charge in [0, 0.05) is 23.3 Å². The minimum absolute atomic E-state index is 0.0521. The number of nitro groups is 2. The smallest absolute Gasteiger partial charge is 0.343 e. The molecule has 0 aromatic heterocycles. The highest BCUT2D eigenvalue weighted by Crippen LogP contribution is 2.37. The van der Waals surface area contributed by atoms with E-state index in [4.69, 9.17) is 27.2 Å². The fraction of sp³-hybridized carbons (Fsp3) is 0.486. The van der Waals surface area contributed by atoms with Crippen molar-refractivity contribution in [2.45, 2.75) is 219 Å². The van der Waals surface area contributed by atoms with Crippen LogP contribution in [0.3, 0.4) is 0 Å². The van der Waals surface area contributed by atoms with Crippen molar-refractivity contribution in [2.24, 2.45) is 0 Å². The average Bonchev–Trinajstić information content (AvgIpc) is 0.910. The number of hydrogen-bond donors (Lipinski definition) is 0. The summed E-state index contributed by atoms with van der Waals surface area (Å²) in [5, 5.41) is 24.0. The highest BCUT2D eigenvalue weighted by molar-refractivity contribution is 6.87. The standard InChI is InChI=1S/C74H100F2N2O12Si3/c1-11-13-23-29-55(3)65-43-35-59(53-69(65)77(81)82)57-31-39-63(40-32-57)87-73(79)61-37-45-71(67(75)51-61)85-47-25-19-15-17-21-27-49-91(5,6)89-93(9,10)90-92(7,8)50-28-22-18-16-20-26-48-86-72-46-38-62(52-68(72)76)74(80)88-64-41-33-58(34-42-64)60-36-44-66(70(54-60)78(83)84)56(4)30-24-14-12-2/h31-46,51-56H,11-30,47-50H2,1-10H3/t55-,56-/m0/s1. The van der Waals surface area contributed by atoms with Crippen LogP contribution in [0, 0.1) is 31.9 Å². The maximum absolute atomic E-state index is 15.1. The van der Waals surface area contributed by atoms with E-state index in [0.717, 1.165) is 175 Å². The van der Waals surface area contributed by atoms with Crippen LogP contribution < -0.4 is 18.9 Å². The predicted molar refractivity (Wildman–Crippen MR) is 376 cm³/mol. The van der Waals surface area contributed by atoms with Gasteiger partial charge in [-0.05, 0) is 172 Å². The summed E-state index contributed by atoms with van der Waals surface area (Å²) in [5.41, 5.74) is 4.60. The molecule has 0 heterocycles. The molecule has 0 fully saturated rings. The Bertz CT molecular complexity index is 3150. The van der Waals surface area contributed by atoms with E-state index in [-0.39, 0.29) is 67.2 Å². The van der Waals surface area contributed by atoms with Crippen LogP contribution in [0.4, 0.5) is 20.2 Å². The number of nitro benzene ring substituents is 2. The molecule has 0 N–H and O–H groups in total. The maximum Gasteiger partial charge on any atom is 0.343 e. The Kier molecular flexibility index (Phi) is 30.1. The third kappa shape index (κ3) is 25.1. The van der Waals surface area contributed by atoms with Crippen LogP contribution in [-0.2, 0) is 8.23 Å². The van der Waals surface area contributed by atoms with Crippen molar-refractivity contribution in [1.29, 1.82) is 0 Å². The summed E-state index contributed by atoms with van der Waals surface area (Å²) in [4.78, 5) is 49.3. The molecule has 6 aromatic carbocycles. The first-order valence-corrected chi connectivity index (χ1v) is 42.9. The molecule has 14 nitrogen and oxygen atoms in total. The Morgan fingerprint density at radius 2 is 0.785 bits per heavy atom. The molecule has 504 valence electrons. The van der Waals surface area contributed by atoms with Crippen LogP contribution in [-0.4, -0.2) is 60.2 Å². The van der Waals surface area contributed by atoms with Gasteiger partial charge in [-0.25, -0.2) is 18.4 Å². The molecule has 0 bridgehead atoms. The van der Waals surface area contributed by atoms with Gasteiger partial charge >= 0.3 is 20.5 Å². The molecule has 0 aliphatic heterocycles. The molecular formula is C74H100F2N2O12Si3. The van der Waals surface area contributed by atoms with Gasteiger partial charge in [0.15, 0.2) is 39.8 Å². The maximum atomic E-state index is 15.1. The first-order chi connectivity index (χ1) is 44.4. The molecule has 6 rings (SSSR count). The third-order valence-corrected chi connectivity index (χ3v) is 28.5. The van der Waals surface area contributed by atoms with Crippen LogP contribution in [0.2, 0.25) is 51.4 Å². The number of esters is 2. The molecule has 6 aromatic rings. The number of rotatable bonds is 42. The van der Waals surface area contributed by atoms with Gasteiger partial charge in [-0.1, -0.05) is 179 Å². The summed E-state index contributed by atoms with van der Waals surface area (Å²) in [6, 6.07) is 34.3. The number of carbonyl (C=O) groups excluding carboxylic acids is 2. The highest BCUT2D eigenvalue weighted by atomic mass is 28.5. The quantitative estimate of drug-likeness (QED) is 0.00887. The Morgan fingerprint density at radius 1 is 0.441 bits per heavy atom. The number of ether oxygens (including phenoxy) is 4. The van der Waals surface area contributed by atoms with Gasteiger partial charge in [0.1, 0.15) is 11.5 Å². The number of benzene rings is 6. The van der Waals surface area contributed by atoms with Crippen LogP contribution in [0.15, 0.2) is 121 Å². The van der Waals surface area contributed by atoms with E-state index in [1.807, 2.05) is 38.1 Å². The molecule has 0 unspecified atom stereocenters. The van der Waals surface area contributed by atoms with E-state index in [0.29, 0.717) is 24.3 Å². The molecular weight excluding hydrogens is 1230 g/mol. The summed E-state index contributed by atoms with van der Waals surface area (Å²) in [5.74, 6) is -1.86. The number of carbonyl (C=O) groups is 2. The largest absolute Gasteiger partial charge is 0.491 e. The first-order valence-electron chi connectivity index (χ1n) is 33.8. The second-order valence-corrected chi connectivity index (χ2v) is 39.0. The monoisotopic (exact) mass is 1330 g/mol. The van der Waals surface area contributed by atoms with E-state index in [1.165, 1.54) is 24.3 Å².